The molecule has 2 aromatic rings. The van der Waals surface area contributed by atoms with Crippen LogP contribution < -0.4 is 10.1 Å². The van der Waals surface area contributed by atoms with Gasteiger partial charge in [0.05, 0.1) is 25.9 Å². The van der Waals surface area contributed by atoms with Crippen molar-refractivity contribution in [2.75, 3.05) is 20.3 Å². The number of benzene rings is 2. The Bertz CT molecular complexity index is 1050. The van der Waals surface area contributed by atoms with E-state index in [1.54, 1.807) is 0 Å². The number of rotatable bonds is 11. The molecule has 7 nitrogen and oxygen atoms in total. The van der Waals surface area contributed by atoms with Gasteiger partial charge in [0.2, 0.25) is 0 Å². The maximum absolute atomic E-state index is 12.4. The summed E-state index contributed by atoms with van der Waals surface area (Å²) in [4.78, 5) is 24.8. The standard InChI is InChI=1S/C30H37NO6/c1-35-29(33)27(31-30(34)37-22-24-12-6-3-7-13-24)21-25-15-16-28(26(20-25)14-8-9-18-32)36-19-17-23-10-4-2-5-11-23/h3,6-7,12-13,15-16,20,23,27,32H,2,4-5,9-11,17-19,21-22H2,1H3,(H,31,34)/t27-/m0/s1. The predicted molar refractivity (Wildman–Crippen MR) is 141 cm³/mol. The van der Waals surface area contributed by atoms with Crippen LogP contribution in [0.3, 0.4) is 0 Å². The molecule has 2 aromatic carbocycles. The molecule has 0 radical (unpaired) electrons. The van der Waals surface area contributed by atoms with Gasteiger partial charge in [0.15, 0.2) is 0 Å². The molecular formula is C30H37NO6. The first-order valence-corrected chi connectivity index (χ1v) is 13.0. The van der Waals surface area contributed by atoms with E-state index in [0.717, 1.165) is 17.5 Å². The van der Waals surface area contributed by atoms with Gasteiger partial charge < -0.3 is 24.6 Å². The number of methoxy groups -OCH3 is 1. The van der Waals surface area contributed by atoms with Crippen LogP contribution in [0.1, 0.15) is 61.6 Å². The Hall–Kier alpha value is -3.50. The minimum Gasteiger partial charge on any atom is -0.492 e. The van der Waals surface area contributed by atoms with Gasteiger partial charge in [-0.05, 0) is 35.6 Å². The normalized spacial score (nSPS) is 14.1. The van der Waals surface area contributed by atoms with E-state index < -0.39 is 18.1 Å². The lowest BCUT2D eigenvalue weighted by atomic mass is 9.87. The van der Waals surface area contributed by atoms with Crippen LogP contribution in [0.4, 0.5) is 4.79 Å². The molecule has 1 fully saturated rings. The molecule has 1 aliphatic rings. The maximum atomic E-state index is 12.4. The number of hydrogen-bond acceptors (Lipinski definition) is 6. The van der Waals surface area contributed by atoms with Crippen molar-refractivity contribution in [1.29, 1.82) is 0 Å². The van der Waals surface area contributed by atoms with E-state index in [1.807, 2.05) is 48.5 Å². The summed E-state index contributed by atoms with van der Waals surface area (Å²) in [6.45, 7) is 0.695. The summed E-state index contributed by atoms with van der Waals surface area (Å²) >= 11 is 0. The highest BCUT2D eigenvalue weighted by Gasteiger charge is 2.23. The number of ether oxygens (including phenoxy) is 3. The van der Waals surface area contributed by atoms with Gasteiger partial charge in [0.25, 0.3) is 0 Å². The summed E-state index contributed by atoms with van der Waals surface area (Å²) in [5.74, 6) is 6.84. The summed E-state index contributed by atoms with van der Waals surface area (Å²) in [5, 5.41) is 11.7. The Morgan fingerprint density at radius 2 is 1.86 bits per heavy atom. The molecule has 0 aromatic heterocycles. The zero-order chi connectivity index (χ0) is 26.3. The average molecular weight is 508 g/mol. The molecule has 0 bridgehead atoms. The second kappa shape index (κ2) is 15.6. The summed E-state index contributed by atoms with van der Waals surface area (Å²) in [6.07, 6.45) is 7.32. The highest BCUT2D eigenvalue weighted by Crippen LogP contribution is 2.27. The van der Waals surface area contributed by atoms with E-state index in [2.05, 4.69) is 17.2 Å². The Kier molecular flexibility index (Phi) is 11.8. The van der Waals surface area contributed by atoms with Crippen LogP contribution in [-0.4, -0.2) is 43.5 Å². The molecule has 0 aliphatic heterocycles. The summed E-state index contributed by atoms with van der Waals surface area (Å²) < 4.78 is 16.3. The third kappa shape index (κ3) is 9.82. The molecule has 7 heteroatoms. The summed E-state index contributed by atoms with van der Waals surface area (Å²) in [6, 6.07) is 13.9. The molecule has 1 amide bonds. The summed E-state index contributed by atoms with van der Waals surface area (Å²) in [7, 11) is 1.28. The molecule has 0 heterocycles. The maximum Gasteiger partial charge on any atom is 0.408 e. The van der Waals surface area contributed by atoms with E-state index in [9.17, 15) is 9.59 Å². The van der Waals surface area contributed by atoms with E-state index in [1.165, 1.54) is 39.2 Å². The molecule has 1 saturated carbocycles. The van der Waals surface area contributed by atoms with Crippen molar-refractivity contribution in [2.24, 2.45) is 5.92 Å². The molecule has 37 heavy (non-hydrogen) atoms. The van der Waals surface area contributed by atoms with Gasteiger partial charge >= 0.3 is 12.1 Å². The van der Waals surface area contributed by atoms with Crippen molar-refractivity contribution in [3.63, 3.8) is 0 Å². The van der Waals surface area contributed by atoms with Gasteiger partial charge in [-0.1, -0.05) is 80.3 Å². The van der Waals surface area contributed by atoms with Gasteiger partial charge in [-0.15, -0.1) is 0 Å². The number of carbonyl (C=O) groups is 2. The largest absolute Gasteiger partial charge is 0.492 e. The molecule has 0 spiro atoms. The van der Waals surface area contributed by atoms with Gasteiger partial charge in [-0.25, -0.2) is 9.59 Å². The topological polar surface area (TPSA) is 94.1 Å². The SMILES string of the molecule is COC(=O)[C@H](Cc1ccc(OCCC2CCCCC2)c(C#CCCO)c1)NC(=O)OCc1ccccc1. The van der Waals surface area contributed by atoms with Crippen molar-refractivity contribution >= 4 is 12.1 Å². The number of aliphatic hydroxyl groups excluding tert-OH is 1. The second-order valence-corrected chi connectivity index (χ2v) is 9.23. The predicted octanol–water partition coefficient (Wildman–Crippen LogP) is 4.78. The monoisotopic (exact) mass is 507 g/mol. The Labute approximate surface area is 219 Å². The Morgan fingerprint density at radius 1 is 1.08 bits per heavy atom. The van der Waals surface area contributed by atoms with Gasteiger partial charge in [-0.2, -0.15) is 0 Å². The van der Waals surface area contributed by atoms with Crippen molar-refractivity contribution in [2.45, 2.75) is 64.0 Å². The van der Waals surface area contributed by atoms with Crippen LogP contribution in [-0.2, 0) is 27.3 Å². The quantitative estimate of drug-likeness (QED) is 0.336. The first kappa shape index (κ1) is 28.1. The lowest BCUT2D eigenvalue weighted by Gasteiger charge is -2.21. The van der Waals surface area contributed by atoms with Crippen LogP contribution in [0.5, 0.6) is 5.75 Å². The number of alkyl carbamates (subject to hydrolysis) is 1. The zero-order valence-corrected chi connectivity index (χ0v) is 21.5. The van der Waals surface area contributed by atoms with Gasteiger partial charge in [-0.3, -0.25) is 0 Å². The van der Waals surface area contributed by atoms with Crippen molar-refractivity contribution < 1.29 is 28.9 Å². The fourth-order valence-corrected chi connectivity index (χ4v) is 4.43. The molecule has 0 saturated heterocycles. The fourth-order valence-electron chi connectivity index (χ4n) is 4.43. The smallest absolute Gasteiger partial charge is 0.408 e. The number of hydrogen-bond donors (Lipinski definition) is 2. The number of carbonyl (C=O) groups excluding carboxylic acids is 2. The van der Waals surface area contributed by atoms with Crippen LogP contribution >= 0.6 is 0 Å². The van der Waals surface area contributed by atoms with E-state index in [-0.39, 0.29) is 19.6 Å². The minimum atomic E-state index is -0.926. The molecule has 1 atom stereocenters. The van der Waals surface area contributed by atoms with E-state index >= 15 is 0 Å². The first-order chi connectivity index (χ1) is 18.1. The van der Waals surface area contributed by atoms with E-state index in [4.69, 9.17) is 19.3 Å². The van der Waals surface area contributed by atoms with Crippen molar-refractivity contribution in [3.8, 4) is 17.6 Å². The lowest BCUT2D eigenvalue weighted by Crippen LogP contribution is -2.43. The molecule has 198 valence electrons. The highest BCUT2D eigenvalue weighted by molar-refractivity contribution is 5.81. The minimum absolute atomic E-state index is 0.0238. The van der Waals surface area contributed by atoms with Crippen LogP contribution in [0.2, 0.25) is 0 Å². The highest BCUT2D eigenvalue weighted by atomic mass is 16.6. The number of aliphatic hydroxyl groups is 1. The van der Waals surface area contributed by atoms with Crippen molar-refractivity contribution in [3.05, 3.63) is 65.2 Å². The van der Waals surface area contributed by atoms with Crippen LogP contribution in [0, 0.1) is 17.8 Å². The molecule has 0 unspecified atom stereocenters. The number of amides is 1. The second-order valence-electron chi connectivity index (χ2n) is 9.23. The van der Waals surface area contributed by atoms with Crippen molar-refractivity contribution in [1.82, 2.24) is 5.32 Å². The zero-order valence-electron chi connectivity index (χ0n) is 21.5. The lowest BCUT2D eigenvalue weighted by molar-refractivity contribution is -0.143. The molecular weight excluding hydrogens is 470 g/mol. The average Bonchev–Trinajstić information content (AvgIpc) is 2.93. The molecule has 1 aliphatic carbocycles. The third-order valence-electron chi connectivity index (χ3n) is 6.44. The van der Waals surface area contributed by atoms with E-state index in [0.29, 0.717) is 30.3 Å². The van der Waals surface area contributed by atoms with Crippen LogP contribution in [0.25, 0.3) is 0 Å². The summed E-state index contributed by atoms with van der Waals surface area (Å²) in [5.41, 5.74) is 2.31. The molecule has 3 rings (SSSR count). The third-order valence-corrected chi connectivity index (χ3v) is 6.44. The van der Waals surface area contributed by atoms with Gasteiger partial charge in [0.1, 0.15) is 18.4 Å². The van der Waals surface area contributed by atoms with Crippen LogP contribution in [0.15, 0.2) is 48.5 Å². The number of nitrogens with one attached hydrogen (secondary N) is 1. The first-order valence-electron chi connectivity index (χ1n) is 13.0. The molecule has 2 N–H and O–H groups in total. The number of esters is 1. The fraction of sp³-hybridized carbons (Fsp3) is 0.467. The Morgan fingerprint density at radius 3 is 2.59 bits per heavy atom. The van der Waals surface area contributed by atoms with Gasteiger partial charge in [0, 0.05) is 12.8 Å². The Balaban J connectivity index is 1.65.